The van der Waals surface area contributed by atoms with Crippen molar-refractivity contribution in [2.45, 2.75) is 25.9 Å². The van der Waals surface area contributed by atoms with Crippen LogP contribution in [-0.2, 0) is 0 Å². The van der Waals surface area contributed by atoms with Crippen LogP contribution in [0.3, 0.4) is 0 Å². The molecule has 2 N–H and O–H groups in total. The second-order valence-electron chi connectivity index (χ2n) is 7.37. The van der Waals surface area contributed by atoms with Crippen LogP contribution in [0.1, 0.15) is 13.8 Å². The topological polar surface area (TPSA) is 58.5 Å². The number of hydrogen-bond acceptors (Lipinski definition) is 4. The van der Waals surface area contributed by atoms with Gasteiger partial charge in [0.15, 0.2) is 11.6 Å². The van der Waals surface area contributed by atoms with Crippen molar-refractivity contribution in [2.75, 3.05) is 18.0 Å². The molecule has 0 bridgehead atoms. The minimum atomic E-state index is 0.496. The first-order valence-corrected chi connectivity index (χ1v) is 10.5. The van der Waals surface area contributed by atoms with Crippen LogP contribution in [0.2, 0.25) is 5.02 Å². The Morgan fingerprint density at radius 2 is 1.54 bits per heavy atom. The monoisotopic (exact) mass is 458 g/mol. The summed E-state index contributed by atoms with van der Waals surface area (Å²) in [6.07, 6.45) is 0. The molecule has 7 heteroatoms. The molecule has 4 rings (SSSR count). The zero-order chi connectivity index (χ0) is 19.7. The van der Waals surface area contributed by atoms with Gasteiger partial charge < -0.3 is 10.2 Å². The number of nitrogens with zero attached hydrogens (tertiary/aromatic N) is 4. The molecule has 0 amide bonds. The molecule has 1 fully saturated rings. The molecule has 28 heavy (non-hydrogen) atoms. The number of anilines is 1. The summed E-state index contributed by atoms with van der Waals surface area (Å²) in [6.45, 7) is 6.34. The number of aromatic nitrogens is 3. The highest BCUT2D eigenvalue weighted by Crippen LogP contribution is 2.30. The Morgan fingerprint density at radius 1 is 0.929 bits per heavy atom. The quantitative estimate of drug-likeness (QED) is 0.647. The molecule has 1 aromatic heterocycles. The average Bonchev–Trinajstić information content (AvgIpc) is 2.68. The van der Waals surface area contributed by atoms with Gasteiger partial charge in [0.2, 0.25) is 0 Å². The fraction of sp³-hybridized carbons (Fsp3) is 0.286. The summed E-state index contributed by atoms with van der Waals surface area (Å²) in [6, 6.07) is 16.7. The Bertz CT molecular complexity index is 952. The minimum absolute atomic E-state index is 0.496. The molecule has 1 aliphatic heterocycles. The van der Waals surface area contributed by atoms with Crippen LogP contribution < -0.4 is 10.2 Å². The van der Waals surface area contributed by atoms with Crippen molar-refractivity contribution in [3.8, 4) is 22.6 Å². The molecule has 0 spiro atoms. The number of quaternary nitrogens is 1. The number of rotatable bonds is 3. The second-order valence-corrected chi connectivity index (χ2v) is 8.73. The Kier molecular flexibility index (Phi) is 5.62. The first-order chi connectivity index (χ1) is 13.5. The van der Waals surface area contributed by atoms with Gasteiger partial charge in [-0.2, -0.15) is 0 Å². The number of piperazine rings is 1. The van der Waals surface area contributed by atoms with Crippen LogP contribution >= 0.6 is 27.5 Å². The van der Waals surface area contributed by atoms with Crippen LogP contribution in [-0.4, -0.2) is 40.4 Å². The lowest BCUT2D eigenvalue weighted by Crippen LogP contribution is -2.99. The predicted molar refractivity (Wildman–Crippen MR) is 116 cm³/mol. The average molecular weight is 460 g/mol. The van der Waals surface area contributed by atoms with E-state index in [4.69, 9.17) is 16.6 Å². The fourth-order valence-corrected chi connectivity index (χ4v) is 4.07. The summed E-state index contributed by atoms with van der Waals surface area (Å²) in [5.41, 5.74) is 2.73. The van der Waals surface area contributed by atoms with E-state index < -0.39 is 0 Å². The maximum Gasteiger partial charge on any atom is 0.183 e. The Morgan fingerprint density at radius 3 is 2.18 bits per heavy atom. The van der Waals surface area contributed by atoms with Gasteiger partial charge in [-0.3, -0.25) is 0 Å². The number of nitrogens with two attached hydrogens (primary N) is 1. The summed E-state index contributed by atoms with van der Waals surface area (Å²) in [4.78, 5) is 7.28. The van der Waals surface area contributed by atoms with Crippen LogP contribution in [0.25, 0.3) is 22.6 Å². The van der Waals surface area contributed by atoms with E-state index >= 15 is 0 Å². The van der Waals surface area contributed by atoms with Crippen LogP contribution in [0.5, 0.6) is 0 Å². The number of halogens is 2. The van der Waals surface area contributed by atoms with Gasteiger partial charge in [-0.05, 0) is 50.2 Å². The molecule has 2 aromatic carbocycles. The first kappa shape index (κ1) is 19.3. The lowest BCUT2D eigenvalue weighted by atomic mass is 10.1. The fourth-order valence-electron chi connectivity index (χ4n) is 3.68. The third-order valence-electron chi connectivity index (χ3n) is 4.86. The van der Waals surface area contributed by atoms with E-state index in [0.717, 1.165) is 40.2 Å². The summed E-state index contributed by atoms with van der Waals surface area (Å²) in [7, 11) is 0. The third-order valence-corrected chi connectivity index (χ3v) is 5.64. The van der Waals surface area contributed by atoms with E-state index in [1.807, 2.05) is 48.5 Å². The molecule has 0 saturated carbocycles. The van der Waals surface area contributed by atoms with Crippen LogP contribution in [0, 0.1) is 0 Å². The molecule has 3 aromatic rings. The summed E-state index contributed by atoms with van der Waals surface area (Å²) in [5.74, 6) is 1.50. The van der Waals surface area contributed by atoms with E-state index in [1.165, 1.54) is 0 Å². The van der Waals surface area contributed by atoms with Crippen LogP contribution in [0.4, 0.5) is 5.82 Å². The Balaban J connectivity index is 1.81. The van der Waals surface area contributed by atoms with Crippen LogP contribution in [0.15, 0.2) is 53.0 Å². The summed E-state index contributed by atoms with van der Waals surface area (Å²) < 4.78 is 1.03. The molecule has 2 heterocycles. The van der Waals surface area contributed by atoms with Gasteiger partial charge in [0.1, 0.15) is 17.8 Å². The van der Waals surface area contributed by atoms with Crippen molar-refractivity contribution in [2.24, 2.45) is 0 Å². The number of benzene rings is 2. The highest BCUT2D eigenvalue weighted by atomic mass is 79.9. The smallest absolute Gasteiger partial charge is 0.183 e. The van der Waals surface area contributed by atoms with Gasteiger partial charge in [0.05, 0.1) is 13.1 Å². The van der Waals surface area contributed by atoms with Crippen molar-refractivity contribution < 1.29 is 5.32 Å². The van der Waals surface area contributed by atoms with E-state index in [9.17, 15) is 0 Å². The maximum atomic E-state index is 6.03. The second kappa shape index (κ2) is 8.15. The normalized spacial score (nSPS) is 19.6. The Labute approximate surface area is 178 Å². The zero-order valence-corrected chi connectivity index (χ0v) is 18.2. The van der Waals surface area contributed by atoms with Crippen molar-refractivity contribution >= 4 is 33.3 Å². The molecule has 5 nitrogen and oxygen atoms in total. The summed E-state index contributed by atoms with van der Waals surface area (Å²) in [5, 5.41) is 12.1. The van der Waals surface area contributed by atoms with Gasteiger partial charge in [0.25, 0.3) is 0 Å². The Hall–Kier alpha value is -2.02. The molecule has 0 radical (unpaired) electrons. The third kappa shape index (κ3) is 4.19. The number of hydrogen-bond donors (Lipinski definition) is 1. The molecule has 144 valence electrons. The van der Waals surface area contributed by atoms with E-state index in [0.29, 0.717) is 22.9 Å². The highest BCUT2D eigenvalue weighted by Gasteiger charge is 2.28. The minimum Gasteiger partial charge on any atom is -0.343 e. The summed E-state index contributed by atoms with van der Waals surface area (Å²) >= 11 is 9.53. The molecule has 1 aliphatic rings. The molecular weight excluding hydrogens is 438 g/mol. The largest absolute Gasteiger partial charge is 0.343 e. The molecule has 1 saturated heterocycles. The van der Waals surface area contributed by atoms with E-state index in [1.54, 1.807) is 0 Å². The van der Waals surface area contributed by atoms with Crippen molar-refractivity contribution in [3.63, 3.8) is 0 Å². The van der Waals surface area contributed by atoms with Gasteiger partial charge in [-0.25, -0.2) is 4.98 Å². The SMILES string of the molecule is C[C@@H]1CN(c2nc(-c3ccc(Cl)cc3)nnc2-c2ccc(Br)cc2)C[C@H](C)[NH2+]1. The van der Waals surface area contributed by atoms with Gasteiger partial charge in [0, 0.05) is 20.6 Å². The van der Waals surface area contributed by atoms with Crippen molar-refractivity contribution in [1.82, 2.24) is 15.2 Å². The van der Waals surface area contributed by atoms with Gasteiger partial charge in [-0.15, -0.1) is 10.2 Å². The molecule has 0 unspecified atom stereocenters. The van der Waals surface area contributed by atoms with E-state index in [2.05, 4.69) is 50.2 Å². The first-order valence-electron chi connectivity index (χ1n) is 9.36. The van der Waals surface area contributed by atoms with Crippen molar-refractivity contribution in [3.05, 3.63) is 58.0 Å². The standard InChI is InChI=1S/C21H21BrClN5/c1-13-11-28(12-14(2)24-13)21-19(15-3-7-17(22)8-4-15)26-27-20(25-21)16-5-9-18(23)10-6-16/h3-10,13-14,24H,11-12H2,1-2H3/p+1/t13-,14+. The van der Waals surface area contributed by atoms with Gasteiger partial charge in [-0.1, -0.05) is 39.7 Å². The maximum absolute atomic E-state index is 6.03. The molecule has 0 aliphatic carbocycles. The highest BCUT2D eigenvalue weighted by molar-refractivity contribution is 9.10. The lowest BCUT2D eigenvalue weighted by Gasteiger charge is -2.34. The van der Waals surface area contributed by atoms with Crippen molar-refractivity contribution in [1.29, 1.82) is 0 Å². The molecular formula is C21H22BrClN5+. The molecule has 2 atom stereocenters. The van der Waals surface area contributed by atoms with Gasteiger partial charge >= 0.3 is 0 Å². The lowest BCUT2D eigenvalue weighted by molar-refractivity contribution is -0.716. The van der Waals surface area contributed by atoms with E-state index in [-0.39, 0.29) is 0 Å². The zero-order valence-electron chi connectivity index (χ0n) is 15.8. The predicted octanol–water partition coefficient (Wildman–Crippen LogP) is 3.78.